The normalized spacial score (nSPS) is 18.1. The van der Waals surface area contributed by atoms with Crippen LogP contribution in [0.2, 0.25) is 0 Å². The van der Waals surface area contributed by atoms with Crippen LogP contribution in [0.1, 0.15) is 17.3 Å². The number of amides is 1. The average molecular weight is 439 g/mol. The molecule has 0 saturated carbocycles. The molecule has 0 saturated heterocycles. The van der Waals surface area contributed by atoms with Gasteiger partial charge in [-0.3, -0.25) is 9.59 Å². The molecule has 3 aromatic carbocycles. The van der Waals surface area contributed by atoms with Crippen molar-refractivity contribution in [3.8, 4) is 0 Å². The van der Waals surface area contributed by atoms with Gasteiger partial charge < -0.3 is 0 Å². The molecular weight excluding hydrogens is 420 g/mol. The maximum Gasteiger partial charge on any atom is 0.283 e. The summed E-state index contributed by atoms with van der Waals surface area (Å²) in [6.45, 7) is 1.80. The van der Waals surface area contributed by atoms with Gasteiger partial charge in [0.05, 0.1) is 22.7 Å². The molecule has 1 amide bonds. The van der Waals surface area contributed by atoms with Crippen LogP contribution < -0.4 is 10.0 Å². The summed E-state index contributed by atoms with van der Waals surface area (Å²) in [7, 11) is 0. The number of rotatable bonds is 4. The highest BCUT2D eigenvalue weighted by Gasteiger charge is 2.38. The van der Waals surface area contributed by atoms with E-state index in [0.717, 1.165) is 5.69 Å². The van der Waals surface area contributed by atoms with Gasteiger partial charge in [0.2, 0.25) is 5.78 Å². The summed E-state index contributed by atoms with van der Waals surface area (Å²) in [5.74, 6) is -0.437. The first-order valence-corrected chi connectivity index (χ1v) is 10.9. The third-order valence-electron chi connectivity index (χ3n) is 5.04. The van der Waals surface area contributed by atoms with Crippen LogP contribution in [0.15, 0.2) is 112 Å². The van der Waals surface area contributed by atoms with Crippen molar-refractivity contribution in [3.05, 3.63) is 107 Å². The van der Waals surface area contributed by atoms with E-state index in [-0.39, 0.29) is 11.7 Å². The Morgan fingerprint density at radius 3 is 1.88 bits per heavy atom. The van der Waals surface area contributed by atoms with Crippen molar-refractivity contribution in [2.45, 2.75) is 6.92 Å². The molecule has 0 spiro atoms. The molecule has 3 aromatic rings. The van der Waals surface area contributed by atoms with Crippen LogP contribution >= 0.6 is 11.8 Å². The van der Waals surface area contributed by atoms with Crippen LogP contribution in [0.4, 0.5) is 11.4 Å². The highest BCUT2D eigenvalue weighted by atomic mass is 32.2. The lowest BCUT2D eigenvalue weighted by molar-refractivity contribution is -0.114. The van der Waals surface area contributed by atoms with Crippen molar-refractivity contribution in [1.29, 1.82) is 0 Å². The van der Waals surface area contributed by atoms with Gasteiger partial charge in [0, 0.05) is 5.56 Å². The molecule has 156 valence electrons. The molecule has 7 heteroatoms. The van der Waals surface area contributed by atoms with Crippen molar-refractivity contribution in [2.24, 2.45) is 10.2 Å². The zero-order valence-electron chi connectivity index (χ0n) is 17.2. The monoisotopic (exact) mass is 438 g/mol. The van der Waals surface area contributed by atoms with E-state index in [1.807, 2.05) is 78.9 Å². The third kappa shape index (κ3) is 3.52. The maximum atomic E-state index is 13.4. The van der Waals surface area contributed by atoms with E-state index in [9.17, 15) is 9.59 Å². The summed E-state index contributed by atoms with van der Waals surface area (Å²) in [6, 6.07) is 27.8. The van der Waals surface area contributed by atoms with Gasteiger partial charge in [0.1, 0.15) is 5.03 Å². The fourth-order valence-corrected chi connectivity index (χ4v) is 4.58. The molecule has 2 aliphatic rings. The number of hydrazone groups is 2. The second-order valence-electron chi connectivity index (χ2n) is 7.17. The average Bonchev–Trinajstić information content (AvgIpc) is 3.40. The van der Waals surface area contributed by atoms with Crippen LogP contribution in [0, 0.1) is 0 Å². The summed E-state index contributed by atoms with van der Waals surface area (Å²) in [6.07, 6.45) is 0. The number of benzene rings is 3. The summed E-state index contributed by atoms with van der Waals surface area (Å²) >= 11 is 1.20. The molecule has 0 N–H and O–H groups in total. The van der Waals surface area contributed by atoms with Gasteiger partial charge in [-0.05, 0) is 43.0 Å². The Bertz CT molecular complexity index is 1290. The summed E-state index contributed by atoms with van der Waals surface area (Å²) in [4.78, 5) is 26.5. The molecule has 0 radical (unpaired) electrons. The van der Waals surface area contributed by atoms with Gasteiger partial charge in [-0.1, -0.05) is 66.7 Å². The van der Waals surface area contributed by atoms with E-state index in [1.54, 1.807) is 24.1 Å². The van der Waals surface area contributed by atoms with Crippen molar-refractivity contribution >= 4 is 45.6 Å². The molecule has 0 atom stereocenters. The van der Waals surface area contributed by atoms with Crippen LogP contribution in [-0.2, 0) is 4.79 Å². The minimum atomic E-state index is -0.249. The minimum absolute atomic E-state index is 0.188. The SMILES string of the molecule is CC1=NN(c2ccccc2)C(=O)/C1=C1/SC(C(=O)c2ccccc2)=NN1c1ccccc1. The first-order chi connectivity index (χ1) is 15.6. The molecule has 5 rings (SSSR count). The van der Waals surface area contributed by atoms with E-state index in [2.05, 4.69) is 10.2 Å². The highest BCUT2D eigenvalue weighted by Crippen LogP contribution is 2.40. The molecule has 0 aromatic heterocycles. The first kappa shape index (κ1) is 20.0. The standard InChI is InChI=1S/C25H18N4O2S/c1-17-21(24(31)28(26-17)19-13-7-3-8-14-19)25-29(20-15-9-4-10-16-20)27-23(32-25)22(30)18-11-5-2-6-12-18/h2-16H,1H3/b25-21+. The fraction of sp³-hybridized carbons (Fsp3) is 0.0400. The predicted octanol–water partition coefficient (Wildman–Crippen LogP) is 5.07. The van der Waals surface area contributed by atoms with Crippen LogP contribution in [0.25, 0.3) is 0 Å². The van der Waals surface area contributed by atoms with Crippen LogP contribution in [-0.4, -0.2) is 22.4 Å². The van der Waals surface area contributed by atoms with Crippen LogP contribution in [0.5, 0.6) is 0 Å². The van der Waals surface area contributed by atoms with Crippen molar-refractivity contribution < 1.29 is 9.59 Å². The van der Waals surface area contributed by atoms with E-state index >= 15 is 0 Å². The van der Waals surface area contributed by atoms with Gasteiger partial charge >= 0.3 is 0 Å². The third-order valence-corrected chi connectivity index (χ3v) is 6.07. The van der Waals surface area contributed by atoms with Gasteiger partial charge in [-0.2, -0.15) is 15.2 Å². The molecule has 0 aliphatic carbocycles. The van der Waals surface area contributed by atoms with Gasteiger partial charge in [-0.15, -0.1) is 0 Å². The predicted molar refractivity (Wildman–Crippen MR) is 129 cm³/mol. The molecule has 6 nitrogen and oxygen atoms in total. The molecule has 0 bridgehead atoms. The van der Waals surface area contributed by atoms with E-state index in [4.69, 9.17) is 0 Å². The van der Waals surface area contributed by atoms with E-state index < -0.39 is 0 Å². The van der Waals surface area contributed by atoms with Crippen molar-refractivity contribution in [3.63, 3.8) is 0 Å². The second kappa shape index (κ2) is 8.28. The summed E-state index contributed by atoms with van der Waals surface area (Å²) < 4.78 is 0. The molecule has 0 fully saturated rings. The van der Waals surface area contributed by atoms with Gasteiger partial charge in [0.15, 0.2) is 5.04 Å². The van der Waals surface area contributed by atoms with E-state index in [0.29, 0.717) is 32.6 Å². The summed E-state index contributed by atoms with van der Waals surface area (Å²) in [5.41, 5.74) is 3.00. The van der Waals surface area contributed by atoms with Crippen molar-refractivity contribution in [2.75, 3.05) is 10.0 Å². The van der Waals surface area contributed by atoms with Gasteiger partial charge in [0.25, 0.3) is 5.91 Å². The highest BCUT2D eigenvalue weighted by molar-refractivity contribution is 8.19. The lowest BCUT2D eigenvalue weighted by Gasteiger charge is -2.17. The number of nitrogens with zero attached hydrogens (tertiary/aromatic N) is 4. The maximum absolute atomic E-state index is 13.4. The first-order valence-electron chi connectivity index (χ1n) is 10.0. The lowest BCUT2D eigenvalue weighted by atomic mass is 10.1. The molecule has 0 unspecified atom stereocenters. The van der Waals surface area contributed by atoms with Crippen LogP contribution in [0.3, 0.4) is 0 Å². The lowest BCUT2D eigenvalue weighted by Crippen LogP contribution is -2.24. The number of ketones is 1. The Labute approximate surface area is 189 Å². The van der Waals surface area contributed by atoms with Crippen molar-refractivity contribution in [1.82, 2.24) is 0 Å². The zero-order valence-corrected chi connectivity index (χ0v) is 18.0. The number of carbonyl (C=O) groups is 2. The Morgan fingerprint density at radius 1 is 0.750 bits per heavy atom. The fourth-order valence-electron chi connectivity index (χ4n) is 3.49. The number of carbonyl (C=O) groups excluding carboxylic acids is 2. The number of anilines is 2. The Morgan fingerprint density at radius 2 is 1.28 bits per heavy atom. The van der Waals surface area contributed by atoms with E-state index in [1.165, 1.54) is 16.8 Å². The largest absolute Gasteiger partial charge is 0.286 e. The Hall–Kier alpha value is -3.97. The minimum Gasteiger partial charge on any atom is -0.286 e. The molecule has 32 heavy (non-hydrogen) atoms. The molecule has 2 heterocycles. The quantitative estimate of drug-likeness (QED) is 0.421. The number of para-hydroxylation sites is 2. The number of thioether (sulfide) groups is 1. The molecule has 2 aliphatic heterocycles. The summed E-state index contributed by atoms with van der Waals surface area (Å²) in [5, 5.41) is 13.0. The Kier molecular flexibility index (Phi) is 5.17. The number of hydrogen-bond acceptors (Lipinski definition) is 6. The van der Waals surface area contributed by atoms with Gasteiger partial charge in [-0.25, -0.2) is 5.01 Å². The topological polar surface area (TPSA) is 65.3 Å². The Balaban J connectivity index is 1.58. The number of Topliss-reactive ketones (excluding diaryl/α,β-unsaturated/α-hetero) is 1. The zero-order chi connectivity index (χ0) is 22.1. The second-order valence-corrected chi connectivity index (χ2v) is 8.15. The molecular formula is C25H18N4O2S. The number of hydrogen-bond donors (Lipinski definition) is 0. The smallest absolute Gasteiger partial charge is 0.283 e.